The van der Waals surface area contributed by atoms with Gasteiger partial charge in [-0.1, -0.05) is 128 Å². The summed E-state index contributed by atoms with van der Waals surface area (Å²) in [6.45, 7) is 1.64. The highest BCUT2D eigenvalue weighted by atomic mass is 32.1. The van der Waals surface area contributed by atoms with Crippen molar-refractivity contribution >= 4 is 35.2 Å². The Morgan fingerprint density at radius 2 is 0.931 bits per heavy atom. The van der Waals surface area contributed by atoms with Gasteiger partial charge >= 0.3 is 0 Å². The van der Waals surface area contributed by atoms with Gasteiger partial charge in [0.05, 0.1) is 6.54 Å². The van der Waals surface area contributed by atoms with Gasteiger partial charge < -0.3 is 5.32 Å². The van der Waals surface area contributed by atoms with Crippen LogP contribution < -0.4 is 5.32 Å². The van der Waals surface area contributed by atoms with Gasteiger partial charge in [-0.3, -0.25) is 0 Å². The van der Waals surface area contributed by atoms with Gasteiger partial charge in [0.15, 0.2) is 0 Å². The van der Waals surface area contributed by atoms with Gasteiger partial charge in [-0.15, -0.1) is 12.6 Å². The summed E-state index contributed by atoms with van der Waals surface area (Å²) in [6.07, 6.45) is 28.8. The Bertz CT molecular complexity index is 376. The standard InChI is InChI=1S/C24H46N2OS2/c27-23-25-21-19-17-15-13-11-9-7-5-3-1-2-4-6-8-10-12-14-16-18-20-22-26-24(28)29/h1-22H2,(H2,26,28,29). The molecule has 0 unspecified atom stereocenters. The minimum absolute atomic E-state index is 0.618. The van der Waals surface area contributed by atoms with Crippen LogP contribution in [0.4, 0.5) is 0 Å². The SMILES string of the molecule is O=C=NCCCCCCCCCCCCCCCCCCCCCCNC(=S)S. The molecule has 1 N–H and O–H groups in total. The number of hydrogen-bond acceptors (Lipinski definition) is 3. The molecule has 0 radical (unpaired) electrons. The van der Waals surface area contributed by atoms with Gasteiger partial charge in [0.2, 0.25) is 6.08 Å². The molecule has 0 amide bonds. The molecule has 0 aliphatic carbocycles. The molecule has 0 saturated carbocycles. The fraction of sp³-hybridized carbons (Fsp3) is 0.917. The second kappa shape index (κ2) is 25.7. The Morgan fingerprint density at radius 3 is 1.24 bits per heavy atom. The van der Waals surface area contributed by atoms with Crippen molar-refractivity contribution in [1.29, 1.82) is 0 Å². The van der Waals surface area contributed by atoms with Crippen LogP contribution >= 0.6 is 24.8 Å². The number of nitrogens with one attached hydrogen (secondary N) is 1. The molecule has 0 atom stereocenters. The molecule has 0 aromatic heterocycles. The molecule has 0 fully saturated rings. The largest absolute Gasteiger partial charge is 0.371 e. The molecule has 3 nitrogen and oxygen atoms in total. The summed E-state index contributed by atoms with van der Waals surface area (Å²) in [5, 5.41) is 3.09. The maximum atomic E-state index is 9.94. The second-order valence-electron chi connectivity index (χ2n) is 8.28. The Balaban J connectivity index is 3.01. The van der Waals surface area contributed by atoms with E-state index in [9.17, 15) is 4.79 Å². The Morgan fingerprint density at radius 1 is 0.621 bits per heavy atom. The Hall–Kier alpha value is -0.380. The number of aliphatic imine (C=N–C) groups is 1. The molecule has 0 bridgehead atoms. The van der Waals surface area contributed by atoms with Gasteiger partial charge in [0.1, 0.15) is 4.32 Å². The van der Waals surface area contributed by atoms with Crippen LogP contribution in [0.3, 0.4) is 0 Å². The van der Waals surface area contributed by atoms with E-state index in [0.717, 1.165) is 13.0 Å². The van der Waals surface area contributed by atoms with Crippen LogP contribution in [0.5, 0.6) is 0 Å². The molecular weight excluding hydrogens is 396 g/mol. The number of unbranched alkanes of at least 4 members (excludes halogenated alkanes) is 19. The predicted molar refractivity (Wildman–Crippen MR) is 135 cm³/mol. The zero-order valence-corrected chi connectivity index (χ0v) is 20.5. The van der Waals surface area contributed by atoms with Gasteiger partial charge in [0.25, 0.3) is 0 Å². The maximum Gasteiger partial charge on any atom is 0.234 e. The third kappa shape index (κ3) is 27.6. The van der Waals surface area contributed by atoms with Crippen molar-refractivity contribution in [2.75, 3.05) is 13.1 Å². The summed E-state index contributed by atoms with van der Waals surface area (Å²) in [5.41, 5.74) is 0. The number of hydrogen-bond donors (Lipinski definition) is 2. The molecule has 0 aliphatic rings. The van der Waals surface area contributed by atoms with E-state index in [2.05, 4.69) is 22.9 Å². The van der Waals surface area contributed by atoms with Crippen LogP contribution in [-0.4, -0.2) is 23.5 Å². The minimum Gasteiger partial charge on any atom is -0.371 e. The molecule has 0 rings (SSSR count). The average Bonchev–Trinajstić information content (AvgIpc) is 2.71. The van der Waals surface area contributed by atoms with Crippen LogP contribution in [0.15, 0.2) is 4.99 Å². The zero-order chi connectivity index (χ0) is 21.3. The van der Waals surface area contributed by atoms with Crippen molar-refractivity contribution in [3.8, 4) is 0 Å². The highest BCUT2D eigenvalue weighted by Gasteiger charge is 1.96. The molecule has 29 heavy (non-hydrogen) atoms. The van der Waals surface area contributed by atoms with Gasteiger partial charge in [-0.05, 0) is 12.8 Å². The monoisotopic (exact) mass is 442 g/mol. The molecule has 0 heterocycles. The van der Waals surface area contributed by atoms with E-state index in [-0.39, 0.29) is 0 Å². The van der Waals surface area contributed by atoms with E-state index in [1.54, 1.807) is 6.08 Å². The number of nitrogens with zero attached hydrogens (tertiary/aromatic N) is 1. The van der Waals surface area contributed by atoms with Crippen molar-refractivity contribution in [3.05, 3.63) is 0 Å². The van der Waals surface area contributed by atoms with Crippen LogP contribution in [0, 0.1) is 0 Å². The predicted octanol–water partition coefficient (Wildman–Crippen LogP) is 7.93. The quantitative estimate of drug-likeness (QED) is 0.0555. The third-order valence-corrected chi connectivity index (χ3v) is 5.84. The normalized spacial score (nSPS) is 10.7. The molecule has 0 aromatic carbocycles. The summed E-state index contributed by atoms with van der Waals surface area (Å²) in [7, 11) is 0. The van der Waals surface area contributed by atoms with Gasteiger partial charge in [0, 0.05) is 6.54 Å². The summed E-state index contributed by atoms with van der Waals surface area (Å²) in [5.74, 6) is 0. The lowest BCUT2D eigenvalue weighted by atomic mass is 10.0. The van der Waals surface area contributed by atoms with Crippen molar-refractivity contribution in [1.82, 2.24) is 5.32 Å². The smallest absolute Gasteiger partial charge is 0.234 e. The van der Waals surface area contributed by atoms with Gasteiger partial charge in [-0.25, -0.2) is 9.79 Å². The van der Waals surface area contributed by atoms with Crippen molar-refractivity contribution in [3.63, 3.8) is 0 Å². The summed E-state index contributed by atoms with van der Waals surface area (Å²) < 4.78 is 0.618. The Labute approximate surface area is 191 Å². The lowest BCUT2D eigenvalue weighted by molar-refractivity contribution is 0.520. The van der Waals surface area contributed by atoms with E-state index >= 15 is 0 Å². The molecule has 0 aliphatic heterocycles. The summed E-state index contributed by atoms with van der Waals surface area (Å²) >= 11 is 8.93. The first-order valence-corrected chi connectivity index (χ1v) is 13.1. The van der Waals surface area contributed by atoms with Crippen LogP contribution in [0.2, 0.25) is 0 Å². The number of rotatable bonds is 23. The number of thiocarbonyl (C=S) groups is 1. The van der Waals surface area contributed by atoms with E-state index in [1.807, 2.05) is 0 Å². The third-order valence-electron chi connectivity index (χ3n) is 5.54. The lowest BCUT2D eigenvalue weighted by Gasteiger charge is -2.04. The minimum atomic E-state index is 0.618. The lowest BCUT2D eigenvalue weighted by Crippen LogP contribution is -2.17. The number of isocyanates is 1. The van der Waals surface area contributed by atoms with Crippen LogP contribution in [-0.2, 0) is 4.79 Å². The highest BCUT2D eigenvalue weighted by Crippen LogP contribution is 2.14. The second-order valence-corrected chi connectivity index (χ2v) is 9.43. The number of carbonyl (C=O) groups excluding carboxylic acids is 1. The summed E-state index contributed by atoms with van der Waals surface area (Å²) in [6, 6.07) is 0. The number of thiol groups is 1. The molecule has 5 heteroatoms. The van der Waals surface area contributed by atoms with Crippen molar-refractivity contribution in [2.24, 2.45) is 4.99 Å². The zero-order valence-electron chi connectivity index (χ0n) is 18.8. The molecule has 0 spiro atoms. The molecular formula is C24H46N2OS2. The molecule has 0 aromatic rings. The van der Waals surface area contributed by atoms with Gasteiger partial charge in [-0.2, -0.15) is 0 Å². The fourth-order valence-electron chi connectivity index (χ4n) is 3.74. The van der Waals surface area contributed by atoms with E-state index < -0.39 is 0 Å². The highest BCUT2D eigenvalue weighted by molar-refractivity contribution is 8.11. The first kappa shape index (κ1) is 28.6. The first-order chi connectivity index (χ1) is 14.3. The van der Waals surface area contributed by atoms with Crippen molar-refractivity contribution in [2.45, 2.75) is 128 Å². The topological polar surface area (TPSA) is 41.5 Å². The molecule has 0 saturated heterocycles. The Kier molecular flexibility index (Phi) is 25.3. The van der Waals surface area contributed by atoms with Crippen molar-refractivity contribution < 1.29 is 4.79 Å². The van der Waals surface area contributed by atoms with E-state index in [4.69, 9.17) is 12.2 Å². The maximum absolute atomic E-state index is 9.94. The average molecular weight is 443 g/mol. The van der Waals surface area contributed by atoms with E-state index in [1.165, 1.54) is 122 Å². The first-order valence-electron chi connectivity index (χ1n) is 12.3. The molecule has 170 valence electrons. The fourth-order valence-corrected chi connectivity index (χ4v) is 3.95. The van der Waals surface area contributed by atoms with E-state index in [0.29, 0.717) is 10.9 Å². The summed E-state index contributed by atoms with van der Waals surface area (Å²) in [4.78, 5) is 13.5. The van der Waals surface area contributed by atoms with Crippen LogP contribution in [0.25, 0.3) is 0 Å². The van der Waals surface area contributed by atoms with Crippen LogP contribution in [0.1, 0.15) is 128 Å².